The van der Waals surface area contributed by atoms with Crippen molar-refractivity contribution in [2.24, 2.45) is 0 Å². The highest BCUT2D eigenvalue weighted by Gasteiger charge is 2.22. The van der Waals surface area contributed by atoms with Crippen molar-refractivity contribution < 1.29 is 24.2 Å². The second-order valence-electron chi connectivity index (χ2n) is 2.64. The molecule has 1 amide bonds. The van der Waals surface area contributed by atoms with Crippen LogP contribution in [-0.4, -0.2) is 50.0 Å². The molecule has 0 heterocycles. The molecule has 2 unspecified atom stereocenters. The van der Waals surface area contributed by atoms with Crippen LogP contribution in [0.3, 0.4) is 0 Å². The Morgan fingerprint density at radius 2 is 2.00 bits per heavy atom. The van der Waals surface area contributed by atoms with Crippen LogP contribution in [0.25, 0.3) is 0 Å². The van der Waals surface area contributed by atoms with Crippen LogP contribution in [0.15, 0.2) is 0 Å². The standard InChI is InChI=1S/C8H15NO5/c1-5(13-2)7(11)9-6(4-10)8(12)14-3/h5-6,10H,4H2,1-3H3,(H,9,11). The van der Waals surface area contributed by atoms with Gasteiger partial charge in [0.25, 0.3) is 0 Å². The maximum absolute atomic E-state index is 11.2. The van der Waals surface area contributed by atoms with Gasteiger partial charge in [-0.25, -0.2) is 4.79 Å². The van der Waals surface area contributed by atoms with Crippen LogP contribution in [0.5, 0.6) is 0 Å². The van der Waals surface area contributed by atoms with Crippen LogP contribution in [0.1, 0.15) is 6.92 Å². The van der Waals surface area contributed by atoms with Crippen LogP contribution in [0, 0.1) is 0 Å². The summed E-state index contributed by atoms with van der Waals surface area (Å²) < 4.78 is 9.09. The molecule has 0 saturated carbocycles. The summed E-state index contributed by atoms with van der Waals surface area (Å²) in [4.78, 5) is 22.2. The molecule has 0 aromatic carbocycles. The first kappa shape index (κ1) is 12.9. The van der Waals surface area contributed by atoms with E-state index in [4.69, 9.17) is 9.84 Å². The number of hydrogen-bond donors (Lipinski definition) is 2. The van der Waals surface area contributed by atoms with Crippen LogP contribution in [-0.2, 0) is 19.1 Å². The quantitative estimate of drug-likeness (QED) is 0.543. The third-order valence-electron chi connectivity index (χ3n) is 1.71. The van der Waals surface area contributed by atoms with Crippen LogP contribution >= 0.6 is 0 Å². The highest BCUT2D eigenvalue weighted by Crippen LogP contribution is 1.92. The number of ether oxygens (including phenoxy) is 2. The molecule has 0 aromatic rings. The molecule has 0 rings (SSSR count). The molecule has 0 radical (unpaired) electrons. The van der Waals surface area contributed by atoms with E-state index in [9.17, 15) is 9.59 Å². The molecule has 14 heavy (non-hydrogen) atoms. The fraction of sp³-hybridized carbons (Fsp3) is 0.750. The van der Waals surface area contributed by atoms with Gasteiger partial charge in [-0.05, 0) is 6.92 Å². The number of amides is 1. The summed E-state index contributed by atoms with van der Waals surface area (Å²) in [6, 6.07) is -1.04. The SMILES string of the molecule is COC(=O)C(CO)NC(=O)C(C)OC. The summed E-state index contributed by atoms with van der Waals surface area (Å²) in [5.74, 6) is -1.17. The van der Waals surface area contributed by atoms with Gasteiger partial charge in [-0.3, -0.25) is 4.79 Å². The number of methoxy groups -OCH3 is 2. The summed E-state index contributed by atoms with van der Waals surface area (Å²) in [5, 5.41) is 11.1. The Labute approximate surface area is 82.2 Å². The van der Waals surface area contributed by atoms with Gasteiger partial charge in [0.1, 0.15) is 6.10 Å². The molecular weight excluding hydrogens is 190 g/mol. The van der Waals surface area contributed by atoms with E-state index in [2.05, 4.69) is 10.1 Å². The maximum atomic E-state index is 11.2. The number of carbonyl (C=O) groups is 2. The zero-order valence-electron chi connectivity index (χ0n) is 8.44. The normalized spacial score (nSPS) is 14.3. The average molecular weight is 205 g/mol. The van der Waals surface area contributed by atoms with Crippen molar-refractivity contribution in [3.8, 4) is 0 Å². The monoisotopic (exact) mass is 205 g/mol. The van der Waals surface area contributed by atoms with E-state index in [-0.39, 0.29) is 0 Å². The molecule has 0 spiro atoms. The summed E-state index contributed by atoms with van der Waals surface area (Å²) in [6.07, 6.45) is -0.672. The first-order chi connectivity index (χ1) is 6.56. The van der Waals surface area contributed by atoms with Crippen molar-refractivity contribution in [1.29, 1.82) is 0 Å². The summed E-state index contributed by atoms with van der Waals surface area (Å²) in [5.41, 5.74) is 0. The lowest BCUT2D eigenvalue weighted by Crippen LogP contribution is -2.47. The minimum Gasteiger partial charge on any atom is -0.467 e. The largest absolute Gasteiger partial charge is 0.467 e. The van der Waals surface area contributed by atoms with Crippen molar-refractivity contribution in [3.63, 3.8) is 0 Å². The lowest BCUT2D eigenvalue weighted by Gasteiger charge is -2.16. The molecule has 0 fully saturated rings. The number of carbonyl (C=O) groups excluding carboxylic acids is 2. The van der Waals surface area contributed by atoms with Gasteiger partial charge in [0, 0.05) is 7.11 Å². The van der Waals surface area contributed by atoms with E-state index in [1.807, 2.05) is 0 Å². The van der Waals surface area contributed by atoms with Gasteiger partial charge in [0.05, 0.1) is 13.7 Å². The van der Waals surface area contributed by atoms with Crippen molar-refractivity contribution in [2.75, 3.05) is 20.8 Å². The number of aliphatic hydroxyl groups is 1. The van der Waals surface area contributed by atoms with E-state index in [0.717, 1.165) is 0 Å². The Morgan fingerprint density at radius 3 is 2.36 bits per heavy atom. The molecule has 2 atom stereocenters. The molecule has 0 aliphatic carbocycles. The molecule has 2 N–H and O–H groups in total. The molecule has 0 aliphatic rings. The van der Waals surface area contributed by atoms with Gasteiger partial charge >= 0.3 is 5.97 Å². The Balaban J connectivity index is 4.18. The Hall–Kier alpha value is -1.14. The topological polar surface area (TPSA) is 84.9 Å². The summed E-state index contributed by atoms with van der Waals surface area (Å²) in [6.45, 7) is 1.02. The van der Waals surface area contributed by atoms with Gasteiger partial charge in [-0.2, -0.15) is 0 Å². The van der Waals surface area contributed by atoms with Crippen LogP contribution in [0.4, 0.5) is 0 Å². The highest BCUT2D eigenvalue weighted by atomic mass is 16.5. The number of esters is 1. The molecule has 0 bridgehead atoms. The zero-order valence-corrected chi connectivity index (χ0v) is 8.44. The smallest absolute Gasteiger partial charge is 0.330 e. The lowest BCUT2D eigenvalue weighted by molar-refractivity contribution is -0.147. The molecule has 0 saturated heterocycles. The lowest BCUT2D eigenvalue weighted by atomic mass is 10.3. The van der Waals surface area contributed by atoms with Crippen molar-refractivity contribution in [2.45, 2.75) is 19.1 Å². The van der Waals surface area contributed by atoms with E-state index in [1.165, 1.54) is 21.1 Å². The molecule has 0 aromatic heterocycles. The van der Waals surface area contributed by atoms with Gasteiger partial charge in [0.2, 0.25) is 5.91 Å². The zero-order chi connectivity index (χ0) is 11.1. The number of hydrogen-bond acceptors (Lipinski definition) is 5. The van der Waals surface area contributed by atoms with E-state index < -0.39 is 30.6 Å². The minimum atomic E-state index is -1.04. The fourth-order valence-corrected chi connectivity index (χ4v) is 0.717. The first-order valence-corrected chi connectivity index (χ1v) is 4.08. The maximum Gasteiger partial charge on any atom is 0.330 e. The van der Waals surface area contributed by atoms with E-state index in [0.29, 0.717) is 0 Å². The fourth-order valence-electron chi connectivity index (χ4n) is 0.717. The highest BCUT2D eigenvalue weighted by molar-refractivity contribution is 5.86. The first-order valence-electron chi connectivity index (χ1n) is 4.08. The van der Waals surface area contributed by atoms with Gasteiger partial charge in [-0.15, -0.1) is 0 Å². The predicted molar refractivity (Wildman–Crippen MR) is 47.5 cm³/mol. The minimum absolute atomic E-state index is 0.475. The summed E-state index contributed by atoms with van der Waals surface area (Å²) in [7, 11) is 2.55. The van der Waals surface area contributed by atoms with Gasteiger partial charge in [-0.1, -0.05) is 0 Å². The van der Waals surface area contributed by atoms with Crippen molar-refractivity contribution in [1.82, 2.24) is 5.32 Å². The van der Waals surface area contributed by atoms with E-state index >= 15 is 0 Å². The van der Waals surface area contributed by atoms with Crippen molar-refractivity contribution >= 4 is 11.9 Å². The number of aliphatic hydroxyl groups excluding tert-OH is 1. The molecule has 6 nitrogen and oxygen atoms in total. The predicted octanol–water partition coefficient (Wildman–Crippen LogP) is -1.33. The Kier molecular flexibility index (Phi) is 5.82. The average Bonchev–Trinajstić information content (AvgIpc) is 2.22. The second-order valence-corrected chi connectivity index (χ2v) is 2.64. The molecule has 0 aliphatic heterocycles. The van der Waals surface area contributed by atoms with E-state index in [1.54, 1.807) is 0 Å². The number of nitrogens with one attached hydrogen (secondary N) is 1. The third-order valence-corrected chi connectivity index (χ3v) is 1.71. The third kappa shape index (κ3) is 3.71. The molecular formula is C8H15NO5. The second kappa shape index (κ2) is 6.33. The van der Waals surface area contributed by atoms with Crippen LogP contribution < -0.4 is 5.32 Å². The molecule has 6 heteroatoms. The Morgan fingerprint density at radius 1 is 1.43 bits per heavy atom. The van der Waals surface area contributed by atoms with Gasteiger partial charge in [0.15, 0.2) is 6.04 Å². The van der Waals surface area contributed by atoms with Crippen molar-refractivity contribution in [3.05, 3.63) is 0 Å². The van der Waals surface area contributed by atoms with Gasteiger partial charge < -0.3 is 19.9 Å². The number of rotatable bonds is 5. The van der Waals surface area contributed by atoms with Crippen LogP contribution in [0.2, 0.25) is 0 Å². The molecule has 82 valence electrons. The summed E-state index contributed by atoms with van der Waals surface area (Å²) >= 11 is 0. The Bertz CT molecular complexity index is 206.